The van der Waals surface area contributed by atoms with Crippen molar-refractivity contribution in [1.29, 1.82) is 0 Å². The Labute approximate surface area is 149 Å². The molecule has 0 aliphatic heterocycles. The molecule has 1 aliphatic rings. The van der Waals surface area contributed by atoms with Crippen LogP contribution in [0.1, 0.15) is 64.1 Å². The minimum Gasteiger partial charge on any atom is -0.340 e. The van der Waals surface area contributed by atoms with E-state index in [1.807, 2.05) is 35.0 Å². The van der Waals surface area contributed by atoms with E-state index in [0.717, 1.165) is 50.2 Å². The van der Waals surface area contributed by atoms with E-state index >= 15 is 0 Å². The van der Waals surface area contributed by atoms with Crippen molar-refractivity contribution in [2.75, 3.05) is 6.54 Å². The zero-order chi connectivity index (χ0) is 17.6. The average Bonchev–Trinajstić information content (AvgIpc) is 3.13. The van der Waals surface area contributed by atoms with Crippen LogP contribution in [0, 0.1) is 0 Å². The van der Waals surface area contributed by atoms with Crippen LogP contribution in [0.2, 0.25) is 0 Å². The van der Waals surface area contributed by atoms with Gasteiger partial charge < -0.3 is 4.90 Å². The molecule has 1 amide bonds. The molecule has 3 rings (SSSR count). The van der Waals surface area contributed by atoms with E-state index in [1.54, 1.807) is 0 Å². The molecule has 6 heteroatoms. The van der Waals surface area contributed by atoms with Crippen molar-refractivity contribution in [1.82, 2.24) is 25.1 Å². The Bertz CT molecular complexity index is 684. The SMILES string of the molecule is CCCC(=O)N(CC)C1CCCC(c2nnnn2-c2ccccc2)C1. The first-order chi connectivity index (χ1) is 12.2. The number of carbonyl (C=O) groups is 1. The first-order valence-corrected chi connectivity index (χ1v) is 9.37. The van der Waals surface area contributed by atoms with Gasteiger partial charge in [0.15, 0.2) is 5.82 Å². The Hall–Kier alpha value is -2.24. The van der Waals surface area contributed by atoms with Crippen molar-refractivity contribution in [3.63, 3.8) is 0 Å². The minimum absolute atomic E-state index is 0.276. The molecule has 0 radical (unpaired) electrons. The molecule has 6 nitrogen and oxygen atoms in total. The summed E-state index contributed by atoms with van der Waals surface area (Å²) in [5.74, 6) is 1.48. The van der Waals surface area contributed by atoms with Crippen molar-refractivity contribution in [3.05, 3.63) is 36.2 Å². The van der Waals surface area contributed by atoms with Crippen LogP contribution in [0.25, 0.3) is 5.69 Å². The van der Waals surface area contributed by atoms with E-state index in [2.05, 4.69) is 34.3 Å². The Kier molecular flexibility index (Phi) is 5.79. The van der Waals surface area contributed by atoms with Gasteiger partial charge in [-0.2, -0.15) is 4.68 Å². The van der Waals surface area contributed by atoms with E-state index < -0.39 is 0 Å². The molecule has 2 unspecified atom stereocenters. The van der Waals surface area contributed by atoms with Gasteiger partial charge in [0.05, 0.1) is 5.69 Å². The second-order valence-electron chi connectivity index (χ2n) is 6.73. The molecule has 0 N–H and O–H groups in total. The Morgan fingerprint density at radius 1 is 1.24 bits per heavy atom. The highest BCUT2D eigenvalue weighted by molar-refractivity contribution is 5.76. The van der Waals surface area contributed by atoms with Crippen LogP contribution in [0.4, 0.5) is 0 Å². The second kappa shape index (κ2) is 8.23. The lowest BCUT2D eigenvalue weighted by Gasteiger charge is -2.36. The number of hydrogen-bond donors (Lipinski definition) is 0. The highest BCUT2D eigenvalue weighted by atomic mass is 16.2. The number of para-hydroxylation sites is 1. The third-order valence-corrected chi connectivity index (χ3v) is 5.07. The summed E-state index contributed by atoms with van der Waals surface area (Å²) in [7, 11) is 0. The maximum absolute atomic E-state index is 12.4. The van der Waals surface area contributed by atoms with Crippen LogP contribution >= 0.6 is 0 Å². The predicted octanol–water partition coefficient (Wildman–Crippen LogP) is 3.34. The minimum atomic E-state index is 0.276. The summed E-state index contributed by atoms with van der Waals surface area (Å²) < 4.78 is 1.84. The van der Waals surface area contributed by atoms with Gasteiger partial charge in [-0.3, -0.25) is 4.79 Å². The molecule has 0 spiro atoms. The molecule has 0 saturated heterocycles. The van der Waals surface area contributed by atoms with Crippen LogP contribution in [-0.4, -0.2) is 43.6 Å². The molecule has 0 bridgehead atoms. The lowest BCUT2D eigenvalue weighted by atomic mass is 9.84. The van der Waals surface area contributed by atoms with E-state index in [-0.39, 0.29) is 11.8 Å². The van der Waals surface area contributed by atoms with E-state index in [4.69, 9.17) is 0 Å². The summed E-state index contributed by atoms with van der Waals surface area (Å²) in [6.07, 6.45) is 5.73. The van der Waals surface area contributed by atoms with Crippen molar-refractivity contribution in [3.8, 4) is 5.69 Å². The number of rotatable bonds is 6. The first-order valence-electron chi connectivity index (χ1n) is 9.37. The molecule has 25 heavy (non-hydrogen) atoms. The number of tetrazole rings is 1. The van der Waals surface area contributed by atoms with Gasteiger partial charge in [-0.15, -0.1) is 5.10 Å². The van der Waals surface area contributed by atoms with E-state index in [0.29, 0.717) is 12.5 Å². The summed E-state index contributed by atoms with van der Waals surface area (Å²) in [4.78, 5) is 14.5. The normalized spacial score (nSPS) is 20.4. The molecule has 1 aliphatic carbocycles. The highest BCUT2D eigenvalue weighted by Crippen LogP contribution is 2.34. The average molecular weight is 341 g/mol. The summed E-state index contributed by atoms with van der Waals surface area (Å²) in [6, 6.07) is 10.3. The molecule has 1 aromatic heterocycles. The van der Waals surface area contributed by atoms with Crippen molar-refractivity contribution < 1.29 is 4.79 Å². The monoisotopic (exact) mass is 341 g/mol. The van der Waals surface area contributed by atoms with E-state index in [9.17, 15) is 4.79 Å². The fraction of sp³-hybridized carbons (Fsp3) is 0.579. The fourth-order valence-corrected chi connectivity index (χ4v) is 3.88. The topological polar surface area (TPSA) is 63.9 Å². The van der Waals surface area contributed by atoms with Crippen LogP contribution in [0.15, 0.2) is 30.3 Å². The van der Waals surface area contributed by atoms with Crippen molar-refractivity contribution in [2.24, 2.45) is 0 Å². The summed E-state index contributed by atoms with van der Waals surface area (Å²) in [6.45, 7) is 4.91. The van der Waals surface area contributed by atoms with Crippen molar-refractivity contribution >= 4 is 5.91 Å². The first kappa shape index (κ1) is 17.6. The standard InChI is InChI=1S/C19H27N5O/c1-3-9-18(25)23(4-2)17-13-8-10-15(14-17)19-20-21-22-24(19)16-11-6-5-7-12-16/h5-7,11-12,15,17H,3-4,8-10,13-14H2,1-2H3. The number of aromatic nitrogens is 4. The number of amides is 1. The molecule has 134 valence electrons. The Morgan fingerprint density at radius 3 is 2.76 bits per heavy atom. The molecular formula is C19H27N5O. The van der Waals surface area contributed by atoms with Gasteiger partial charge in [-0.1, -0.05) is 31.5 Å². The summed E-state index contributed by atoms with van der Waals surface area (Å²) in [5, 5.41) is 12.4. The molecule has 1 aromatic carbocycles. The van der Waals surface area contributed by atoms with Crippen molar-refractivity contribution in [2.45, 2.75) is 64.3 Å². The Balaban J connectivity index is 1.78. The summed E-state index contributed by atoms with van der Waals surface area (Å²) >= 11 is 0. The van der Waals surface area contributed by atoms with Crippen LogP contribution in [-0.2, 0) is 4.79 Å². The molecule has 1 fully saturated rings. The maximum atomic E-state index is 12.4. The zero-order valence-electron chi connectivity index (χ0n) is 15.1. The van der Waals surface area contributed by atoms with Gasteiger partial charge >= 0.3 is 0 Å². The fourth-order valence-electron chi connectivity index (χ4n) is 3.88. The third kappa shape index (κ3) is 3.89. The third-order valence-electron chi connectivity index (χ3n) is 5.07. The van der Waals surface area contributed by atoms with Gasteiger partial charge in [0.25, 0.3) is 0 Å². The number of hydrogen-bond acceptors (Lipinski definition) is 4. The molecule has 1 heterocycles. The number of carbonyl (C=O) groups excluding carboxylic acids is 1. The quantitative estimate of drug-likeness (QED) is 0.808. The lowest BCUT2D eigenvalue weighted by Crippen LogP contribution is -2.42. The van der Waals surface area contributed by atoms with Crippen LogP contribution < -0.4 is 0 Å². The van der Waals surface area contributed by atoms with E-state index in [1.165, 1.54) is 0 Å². The van der Waals surface area contributed by atoms with Crippen LogP contribution in [0.3, 0.4) is 0 Å². The molecule has 1 saturated carbocycles. The Morgan fingerprint density at radius 2 is 2.04 bits per heavy atom. The highest BCUT2D eigenvalue weighted by Gasteiger charge is 2.32. The predicted molar refractivity (Wildman–Crippen MR) is 96.4 cm³/mol. The number of nitrogens with zero attached hydrogens (tertiary/aromatic N) is 5. The molecule has 2 aromatic rings. The van der Waals surface area contributed by atoms with Gasteiger partial charge in [-0.25, -0.2) is 0 Å². The second-order valence-corrected chi connectivity index (χ2v) is 6.73. The van der Waals surface area contributed by atoms with Gasteiger partial charge in [0, 0.05) is 24.9 Å². The largest absolute Gasteiger partial charge is 0.340 e. The van der Waals surface area contributed by atoms with Gasteiger partial charge in [0.1, 0.15) is 0 Å². The zero-order valence-corrected chi connectivity index (χ0v) is 15.1. The molecule has 2 atom stereocenters. The number of benzene rings is 1. The van der Waals surface area contributed by atoms with Gasteiger partial charge in [-0.05, 0) is 55.2 Å². The summed E-state index contributed by atoms with van der Waals surface area (Å²) in [5.41, 5.74) is 0.985. The lowest BCUT2D eigenvalue weighted by molar-refractivity contribution is -0.134. The van der Waals surface area contributed by atoms with Crippen LogP contribution in [0.5, 0.6) is 0 Å². The molecular weight excluding hydrogens is 314 g/mol. The van der Waals surface area contributed by atoms with Gasteiger partial charge in [0.2, 0.25) is 5.91 Å². The maximum Gasteiger partial charge on any atom is 0.222 e. The smallest absolute Gasteiger partial charge is 0.222 e.